The Kier molecular flexibility index (Phi) is 5.81. The molecular formula is C15H18F2O4. The average molecular weight is 300 g/mol. The molecule has 0 fully saturated rings. The molecule has 1 aromatic carbocycles. The van der Waals surface area contributed by atoms with E-state index in [0.717, 1.165) is 18.2 Å². The third kappa shape index (κ3) is 4.00. The summed E-state index contributed by atoms with van der Waals surface area (Å²) in [6, 6.07) is 2.86. The van der Waals surface area contributed by atoms with E-state index in [4.69, 9.17) is 9.47 Å². The second-order valence-electron chi connectivity index (χ2n) is 4.69. The third-order valence-corrected chi connectivity index (χ3v) is 3.00. The van der Waals surface area contributed by atoms with Crippen LogP contribution in [0.5, 0.6) is 0 Å². The summed E-state index contributed by atoms with van der Waals surface area (Å²) in [5, 5.41) is 0. The highest BCUT2D eigenvalue weighted by atomic mass is 19.1. The van der Waals surface area contributed by atoms with E-state index in [-0.39, 0.29) is 25.2 Å². The number of benzene rings is 1. The van der Waals surface area contributed by atoms with E-state index in [1.54, 1.807) is 13.8 Å². The van der Waals surface area contributed by atoms with Crippen molar-refractivity contribution in [2.75, 3.05) is 13.2 Å². The molecule has 1 rings (SSSR count). The van der Waals surface area contributed by atoms with Gasteiger partial charge in [0.2, 0.25) is 0 Å². The predicted octanol–water partition coefficient (Wildman–Crippen LogP) is 2.64. The molecule has 0 bridgehead atoms. The molecule has 0 heterocycles. The molecule has 0 aliphatic carbocycles. The highest BCUT2D eigenvalue weighted by Crippen LogP contribution is 2.28. The quantitative estimate of drug-likeness (QED) is 0.598. The van der Waals surface area contributed by atoms with Gasteiger partial charge in [0.15, 0.2) is 5.41 Å². The van der Waals surface area contributed by atoms with Crippen LogP contribution in [0.25, 0.3) is 0 Å². The van der Waals surface area contributed by atoms with Crippen molar-refractivity contribution < 1.29 is 27.8 Å². The minimum Gasteiger partial charge on any atom is -0.465 e. The number of hydrogen-bond acceptors (Lipinski definition) is 4. The van der Waals surface area contributed by atoms with Crippen molar-refractivity contribution in [2.24, 2.45) is 5.41 Å². The number of ether oxygens (including phenoxy) is 2. The van der Waals surface area contributed by atoms with Crippen LogP contribution in [-0.4, -0.2) is 25.2 Å². The normalized spacial score (nSPS) is 11.1. The molecule has 0 spiro atoms. The molecule has 0 amide bonds. The maximum atomic E-state index is 13.7. The van der Waals surface area contributed by atoms with Crippen LogP contribution in [-0.2, 0) is 25.5 Å². The Balaban J connectivity index is 3.15. The number of halogens is 2. The summed E-state index contributed by atoms with van der Waals surface area (Å²) in [5.41, 5.74) is -1.81. The Morgan fingerprint density at radius 2 is 1.62 bits per heavy atom. The van der Waals surface area contributed by atoms with Crippen molar-refractivity contribution in [3.63, 3.8) is 0 Å². The SMILES string of the molecule is CCOC(=O)C(C)(Cc1cc(F)ccc1F)C(=O)OCC. The predicted molar refractivity (Wildman–Crippen MR) is 71.4 cm³/mol. The fourth-order valence-corrected chi connectivity index (χ4v) is 1.87. The van der Waals surface area contributed by atoms with Crippen LogP contribution < -0.4 is 0 Å². The molecule has 0 radical (unpaired) electrons. The van der Waals surface area contributed by atoms with E-state index in [2.05, 4.69) is 0 Å². The molecule has 0 atom stereocenters. The number of esters is 2. The molecule has 0 saturated carbocycles. The molecule has 1 aromatic rings. The summed E-state index contributed by atoms with van der Waals surface area (Å²) < 4.78 is 36.7. The van der Waals surface area contributed by atoms with Crippen LogP contribution in [0.3, 0.4) is 0 Å². The van der Waals surface area contributed by atoms with Crippen LogP contribution in [0.4, 0.5) is 8.78 Å². The molecular weight excluding hydrogens is 282 g/mol. The zero-order valence-corrected chi connectivity index (χ0v) is 12.2. The first-order valence-electron chi connectivity index (χ1n) is 6.63. The van der Waals surface area contributed by atoms with Crippen LogP contribution in [0.15, 0.2) is 18.2 Å². The Labute approximate surface area is 122 Å². The van der Waals surface area contributed by atoms with Crippen molar-refractivity contribution in [1.82, 2.24) is 0 Å². The second-order valence-corrected chi connectivity index (χ2v) is 4.69. The maximum Gasteiger partial charge on any atom is 0.323 e. The van der Waals surface area contributed by atoms with Gasteiger partial charge < -0.3 is 9.47 Å². The molecule has 0 aliphatic rings. The van der Waals surface area contributed by atoms with Crippen LogP contribution in [0, 0.1) is 17.0 Å². The molecule has 0 aromatic heterocycles. The molecule has 0 aliphatic heterocycles. The topological polar surface area (TPSA) is 52.6 Å². The minimum atomic E-state index is -1.72. The van der Waals surface area contributed by atoms with Gasteiger partial charge in [0.25, 0.3) is 0 Å². The molecule has 116 valence electrons. The van der Waals surface area contributed by atoms with Gasteiger partial charge in [0.1, 0.15) is 11.6 Å². The molecule has 6 heteroatoms. The van der Waals surface area contributed by atoms with Crippen molar-refractivity contribution in [3.8, 4) is 0 Å². The van der Waals surface area contributed by atoms with Crippen molar-refractivity contribution in [3.05, 3.63) is 35.4 Å². The van der Waals surface area contributed by atoms with Crippen molar-refractivity contribution in [1.29, 1.82) is 0 Å². The van der Waals surface area contributed by atoms with Crippen LogP contribution >= 0.6 is 0 Å². The first-order chi connectivity index (χ1) is 9.85. The molecule has 0 saturated heterocycles. The summed E-state index contributed by atoms with van der Waals surface area (Å²) in [6.07, 6.45) is -0.339. The van der Waals surface area contributed by atoms with E-state index in [1.165, 1.54) is 6.92 Å². The Bertz CT molecular complexity index is 510. The lowest BCUT2D eigenvalue weighted by Crippen LogP contribution is -2.41. The maximum absolute atomic E-state index is 13.7. The summed E-state index contributed by atoms with van der Waals surface area (Å²) in [5.74, 6) is -3.00. The lowest BCUT2D eigenvalue weighted by Gasteiger charge is -2.25. The van der Waals surface area contributed by atoms with Crippen LogP contribution in [0.1, 0.15) is 26.3 Å². The standard InChI is InChI=1S/C15H18F2O4/c1-4-20-13(18)15(3,14(19)21-5-2)9-10-8-11(16)6-7-12(10)17/h6-8H,4-5,9H2,1-3H3. The van der Waals surface area contributed by atoms with Gasteiger partial charge in [-0.25, -0.2) is 8.78 Å². The van der Waals surface area contributed by atoms with Gasteiger partial charge in [0, 0.05) is 6.42 Å². The third-order valence-electron chi connectivity index (χ3n) is 3.00. The summed E-state index contributed by atoms with van der Waals surface area (Å²) in [7, 11) is 0. The summed E-state index contributed by atoms with van der Waals surface area (Å²) in [6.45, 7) is 4.62. The van der Waals surface area contributed by atoms with Crippen molar-refractivity contribution in [2.45, 2.75) is 27.2 Å². The lowest BCUT2D eigenvalue weighted by atomic mass is 9.83. The van der Waals surface area contributed by atoms with E-state index in [9.17, 15) is 18.4 Å². The zero-order valence-electron chi connectivity index (χ0n) is 12.2. The Morgan fingerprint density at radius 1 is 1.10 bits per heavy atom. The van der Waals surface area contributed by atoms with Gasteiger partial charge in [-0.1, -0.05) is 0 Å². The number of carbonyl (C=O) groups is 2. The Hall–Kier alpha value is -1.98. The van der Waals surface area contributed by atoms with Crippen LogP contribution in [0.2, 0.25) is 0 Å². The van der Waals surface area contributed by atoms with Gasteiger partial charge in [-0.2, -0.15) is 0 Å². The lowest BCUT2D eigenvalue weighted by molar-refractivity contribution is -0.170. The number of carbonyl (C=O) groups excluding carboxylic acids is 2. The molecule has 4 nitrogen and oxygen atoms in total. The fourth-order valence-electron chi connectivity index (χ4n) is 1.87. The smallest absolute Gasteiger partial charge is 0.323 e. The van der Waals surface area contributed by atoms with E-state index < -0.39 is 29.0 Å². The fraction of sp³-hybridized carbons (Fsp3) is 0.467. The van der Waals surface area contributed by atoms with Crippen molar-refractivity contribution >= 4 is 11.9 Å². The summed E-state index contributed by atoms with van der Waals surface area (Å²) >= 11 is 0. The molecule has 21 heavy (non-hydrogen) atoms. The molecule has 0 N–H and O–H groups in total. The second kappa shape index (κ2) is 7.15. The van der Waals surface area contributed by atoms with E-state index in [1.807, 2.05) is 0 Å². The highest BCUT2D eigenvalue weighted by Gasteiger charge is 2.45. The minimum absolute atomic E-state index is 0.0689. The summed E-state index contributed by atoms with van der Waals surface area (Å²) in [4.78, 5) is 24.1. The van der Waals surface area contributed by atoms with Gasteiger partial charge in [-0.15, -0.1) is 0 Å². The van der Waals surface area contributed by atoms with Gasteiger partial charge in [-0.05, 0) is 44.5 Å². The largest absolute Gasteiger partial charge is 0.465 e. The number of rotatable bonds is 6. The van der Waals surface area contributed by atoms with E-state index in [0.29, 0.717) is 0 Å². The number of hydrogen-bond donors (Lipinski definition) is 0. The van der Waals surface area contributed by atoms with E-state index >= 15 is 0 Å². The van der Waals surface area contributed by atoms with Gasteiger partial charge >= 0.3 is 11.9 Å². The van der Waals surface area contributed by atoms with Gasteiger partial charge in [-0.3, -0.25) is 9.59 Å². The monoisotopic (exact) mass is 300 g/mol. The Morgan fingerprint density at radius 3 is 2.10 bits per heavy atom. The van der Waals surface area contributed by atoms with Gasteiger partial charge in [0.05, 0.1) is 13.2 Å². The first kappa shape index (κ1) is 17.1. The average Bonchev–Trinajstić information content (AvgIpc) is 2.43. The first-order valence-corrected chi connectivity index (χ1v) is 6.63. The zero-order chi connectivity index (χ0) is 16.0. The highest BCUT2D eigenvalue weighted by molar-refractivity contribution is 5.99. The molecule has 0 unspecified atom stereocenters.